The molecule has 3 nitrogen and oxygen atoms in total. The van der Waals surface area contributed by atoms with E-state index in [1.54, 1.807) is 6.08 Å². The maximum Gasteiger partial charge on any atom is 0.134 e. The number of aryl methyl sites for hydroxylation is 2. The minimum Gasteiger partial charge on any atom is -0.372 e. The van der Waals surface area contributed by atoms with E-state index in [4.69, 9.17) is 5.53 Å². The molecular formula is C25H29N3. The standard InChI is InChI=1S/C25H29N3/c1-5-28(6-2)25(23-18-14-21(4)15-19-23)11-9-7-8-10-24(27-26)22-16-12-20(3)13-17-22/h7-9,11-19,26H,5-6H2,1-4H3/b9-7+,25-11-,27-26?. The maximum absolute atomic E-state index is 7.40. The number of nitrogens with zero attached hydrogens (tertiary/aromatic N) is 2. The van der Waals surface area contributed by atoms with E-state index < -0.39 is 0 Å². The van der Waals surface area contributed by atoms with Crippen molar-refractivity contribution in [1.82, 2.24) is 4.90 Å². The zero-order valence-electron chi connectivity index (χ0n) is 17.2. The minimum absolute atomic E-state index is 0.524. The molecule has 0 aromatic heterocycles. The van der Waals surface area contributed by atoms with E-state index in [0.717, 1.165) is 18.7 Å². The molecule has 0 heterocycles. The normalized spacial score (nSPS) is 11.2. The quantitative estimate of drug-likeness (QED) is 0.310. The van der Waals surface area contributed by atoms with Gasteiger partial charge in [0.2, 0.25) is 0 Å². The average molecular weight is 372 g/mol. The monoisotopic (exact) mass is 371 g/mol. The second-order valence-corrected chi connectivity index (χ2v) is 6.61. The summed E-state index contributed by atoms with van der Waals surface area (Å²) in [5, 5.41) is 3.60. The molecule has 0 saturated carbocycles. The van der Waals surface area contributed by atoms with E-state index in [0.29, 0.717) is 5.70 Å². The molecular weight excluding hydrogens is 342 g/mol. The predicted octanol–water partition coefficient (Wildman–Crippen LogP) is 6.77. The Morgan fingerprint density at radius 1 is 0.893 bits per heavy atom. The second-order valence-electron chi connectivity index (χ2n) is 6.61. The molecule has 1 N–H and O–H groups in total. The molecule has 2 rings (SSSR count). The van der Waals surface area contributed by atoms with Crippen LogP contribution in [0.3, 0.4) is 0 Å². The third kappa shape index (κ3) is 5.94. The molecule has 3 heteroatoms. The summed E-state index contributed by atoms with van der Waals surface area (Å²) in [6.45, 7) is 10.4. The first-order chi connectivity index (χ1) is 13.6. The van der Waals surface area contributed by atoms with E-state index in [-0.39, 0.29) is 0 Å². The number of benzene rings is 2. The Bertz CT molecular complexity index is 890. The van der Waals surface area contributed by atoms with Crippen molar-refractivity contribution in [3.05, 3.63) is 101 Å². The lowest BCUT2D eigenvalue weighted by atomic mass is 10.1. The van der Waals surface area contributed by atoms with Crippen LogP contribution in [0.25, 0.3) is 11.4 Å². The first-order valence-corrected chi connectivity index (χ1v) is 9.69. The summed E-state index contributed by atoms with van der Waals surface area (Å²) in [6.07, 6.45) is 7.87. The molecule has 0 aliphatic carbocycles. The van der Waals surface area contributed by atoms with Gasteiger partial charge < -0.3 is 4.90 Å². The third-order valence-electron chi connectivity index (χ3n) is 4.57. The molecule has 0 amide bonds. The van der Waals surface area contributed by atoms with Gasteiger partial charge in [0.15, 0.2) is 0 Å². The summed E-state index contributed by atoms with van der Waals surface area (Å²) in [6, 6.07) is 16.6. The van der Waals surface area contributed by atoms with Crippen molar-refractivity contribution in [2.45, 2.75) is 27.7 Å². The third-order valence-corrected chi connectivity index (χ3v) is 4.57. The topological polar surface area (TPSA) is 39.5 Å². The zero-order valence-corrected chi connectivity index (χ0v) is 17.2. The maximum atomic E-state index is 7.40. The lowest BCUT2D eigenvalue weighted by Crippen LogP contribution is -2.21. The summed E-state index contributed by atoms with van der Waals surface area (Å²) in [4.78, 5) is 2.34. The summed E-state index contributed by atoms with van der Waals surface area (Å²) in [5.74, 6) is 0. The van der Waals surface area contributed by atoms with Gasteiger partial charge in [-0.25, -0.2) is 5.53 Å². The van der Waals surface area contributed by atoms with Crippen molar-refractivity contribution in [3.8, 4) is 0 Å². The average Bonchev–Trinajstić information content (AvgIpc) is 2.71. The van der Waals surface area contributed by atoms with Gasteiger partial charge in [0.05, 0.1) is 0 Å². The van der Waals surface area contributed by atoms with Gasteiger partial charge in [0, 0.05) is 24.4 Å². The van der Waals surface area contributed by atoms with E-state index in [9.17, 15) is 0 Å². The van der Waals surface area contributed by atoms with Crippen LogP contribution < -0.4 is 0 Å². The van der Waals surface area contributed by atoms with Crippen molar-refractivity contribution < 1.29 is 0 Å². The van der Waals surface area contributed by atoms with Crippen LogP contribution in [0.5, 0.6) is 0 Å². The molecule has 0 aliphatic rings. The number of hydrogen-bond donors (Lipinski definition) is 1. The molecule has 0 fully saturated rings. The number of allylic oxidation sites excluding steroid dienone is 4. The van der Waals surface area contributed by atoms with Crippen LogP contribution in [0, 0.1) is 19.4 Å². The summed E-state index contributed by atoms with van der Waals surface area (Å²) in [5.41, 5.74) is 16.8. The number of nitrogens with one attached hydrogen (secondary N) is 1. The lowest BCUT2D eigenvalue weighted by molar-refractivity contribution is 0.442. The molecule has 0 atom stereocenters. The van der Waals surface area contributed by atoms with Crippen LogP contribution in [0.4, 0.5) is 0 Å². The van der Waals surface area contributed by atoms with Crippen LogP contribution in [-0.4, -0.2) is 18.0 Å². The van der Waals surface area contributed by atoms with Crippen molar-refractivity contribution in [3.63, 3.8) is 0 Å². The van der Waals surface area contributed by atoms with Crippen LogP contribution >= 0.6 is 0 Å². The smallest absolute Gasteiger partial charge is 0.134 e. The zero-order chi connectivity index (χ0) is 20.4. The molecule has 28 heavy (non-hydrogen) atoms. The van der Waals surface area contributed by atoms with Gasteiger partial charge in [-0.2, -0.15) is 0 Å². The Hall–Kier alpha value is -3.16. The minimum atomic E-state index is 0.524. The van der Waals surface area contributed by atoms with E-state index in [2.05, 4.69) is 66.9 Å². The highest BCUT2D eigenvalue weighted by atomic mass is 15.1. The van der Waals surface area contributed by atoms with Crippen molar-refractivity contribution >= 4 is 11.4 Å². The molecule has 0 bridgehead atoms. The second kappa shape index (κ2) is 10.9. The lowest BCUT2D eigenvalue weighted by Gasteiger charge is -2.24. The van der Waals surface area contributed by atoms with Gasteiger partial charge >= 0.3 is 0 Å². The molecule has 0 spiro atoms. The number of rotatable bonds is 8. The largest absolute Gasteiger partial charge is 0.372 e. The summed E-state index contributed by atoms with van der Waals surface area (Å²) < 4.78 is 0. The highest BCUT2D eigenvalue weighted by Gasteiger charge is 2.07. The fourth-order valence-electron chi connectivity index (χ4n) is 2.89. The van der Waals surface area contributed by atoms with Crippen LogP contribution in [0.2, 0.25) is 0 Å². The van der Waals surface area contributed by atoms with E-state index >= 15 is 0 Å². The molecule has 2 aromatic carbocycles. The van der Waals surface area contributed by atoms with E-state index in [1.807, 2.05) is 43.3 Å². The van der Waals surface area contributed by atoms with Gasteiger partial charge in [-0.3, -0.25) is 0 Å². The number of hydrogen-bond acceptors (Lipinski definition) is 3. The van der Waals surface area contributed by atoms with Gasteiger partial charge in [0.1, 0.15) is 5.70 Å². The van der Waals surface area contributed by atoms with Crippen LogP contribution in [-0.2, 0) is 0 Å². The van der Waals surface area contributed by atoms with E-state index in [1.165, 1.54) is 22.4 Å². The van der Waals surface area contributed by atoms with Gasteiger partial charge in [-0.15, -0.1) is 5.11 Å². The van der Waals surface area contributed by atoms with Crippen LogP contribution in [0.1, 0.15) is 36.1 Å². The first kappa shape index (κ1) is 21.1. The highest BCUT2D eigenvalue weighted by molar-refractivity contribution is 5.66. The Balaban J connectivity index is 2.28. The van der Waals surface area contributed by atoms with Gasteiger partial charge in [-0.1, -0.05) is 77.5 Å². The molecule has 144 valence electrons. The fourth-order valence-corrected chi connectivity index (χ4v) is 2.89. The molecule has 0 radical (unpaired) electrons. The molecule has 0 unspecified atom stereocenters. The van der Waals surface area contributed by atoms with Crippen molar-refractivity contribution in [1.29, 1.82) is 5.53 Å². The van der Waals surface area contributed by atoms with Crippen molar-refractivity contribution in [2.75, 3.05) is 13.1 Å². The molecule has 0 saturated heterocycles. The Kier molecular flexibility index (Phi) is 8.20. The predicted molar refractivity (Wildman–Crippen MR) is 119 cm³/mol. The van der Waals surface area contributed by atoms with Crippen LogP contribution in [0.15, 0.2) is 83.7 Å². The summed E-state index contributed by atoms with van der Waals surface area (Å²) in [7, 11) is 0. The first-order valence-electron chi connectivity index (χ1n) is 9.69. The Morgan fingerprint density at radius 3 is 1.93 bits per heavy atom. The highest BCUT2D eigenvalue weighted by Crippen LogP contribution is 2.20. The molecule has 2 aromatic rings. The molecule has 0 aliphatic heterocycles. The Morgan fingerprint density at radius 2 is 1.43 bits per heavy atom. The van der Waals surface area contributed by atoms with Gasteiger partial charge in [-0.05, 0) is 45.4 Å². The fraction of sp³-hybridized carbons (Fsp3) is 0.240. The van der Waals surface area contributed by atoms with Gasteiger partial charge in [0.25, 0.3) is 0 Å². The summed E-state index contributed by atoms with van der Waals surface area (Å²) >= 11 is 0. The Labute approximate surface area is 168 Å². The van der Waals surface area contributed by atoms with Crippen molar-refractivity contribution in [2.24, 2.45) is 5.11 Å². The SMILES string of the molecule is CCN(CC)/C(=C\C=C\C=C=C(N=N)c1ccc(C)cc1)c1ccc(C)cc1.